The van der Waals surface area contributed by atoms with E-state index in [1.807, 2.05) is 30.3 Å². The van der Waals surface area contributed by atoms with E-state index >= 15 is 0 Å². The maximum atomic E-state index is 12.0. The van der Waals surface area contributed by atoms with Crippen molar-refractivity contribution < 1.29 is 4.79 Å². The van der Waals surface area contributed by atoms with E-state index in [2.05, 4.69) is 17.9 Å². The molecule has 0 heterocycles. The Kier molecular flexibility index (Phi) is 6.44. The molecule has 0 bridgehead atoms. The van der Waals surface area contributed by atoms with Crippen molar-refractivity contribution in [2.45, 2.75) is 50.2 Å². The van der Waals surface area contributed by atoms with Gasteiger partial charge in [-0.15, -0.1) is 0 Å². The molecule has 1 fully saturated rings. The molecule has 1 amide bonds. The Morgan fingerprint density at radius 1 is 1.25 bits per heavy atom. The number of rotatable bonds is 7. The Hall–Kier alpha value is -0.960. The van der Waals surface area contributed by atoms with Crippen LogP contribution in [0.15, 0.2) is 30.3 Å². The van der Waals surface area contributed by atoms with Crippen LogP contribution in [0, 0.1) is 5.92 Å². The van der Waals surface area contributed by atoms with Crippen LogP contribution in [0.1, 0.15) is 44.1 Å². The van der Waals surface area contributed by atoms with Crippen LogP contribution in [0.4, 0.5) is 0 Å². The summed E-state index contributed by atoms with van der Waals surface area (Å²) in [5.41, 5.74) is 1.16. The molecule has 2 rings (SSSR count). The second-order valence-electron chi connectivity index (χ2n) is 5.79. The van der Waals surface area contributed by atoms with Gasteiger partial charge in [0.15, 0.2) is 0 Å². The number of thiol groups is 1. The standard InChI is InChI=1S/C17H25NOS/c19-17(16(20)13-15-9-2-1-3-10-15)18-12-6-11-14-7-4-5-8-14/h1-3,9-10,14,16,20H,4-8,11-13H2,(H,18,19). The first kappa shape index (κ1) is 15.4. The van der Waals surface area contributed by atoms with E-state index in [0.29, 0.717) is 6.42 Å². The molecule has 1 aliphatic carbocycles. The highest BCUT2D eigenvalue weighted by molar-refractivity contribution is 7.81. The zero-order chi connectivity index (χ0) is 14.2. The Morgan fingerprint density at radius 2 is 1.95 bits per heavy atom. The van der Waals surface area contributed by atoms with E-state index < -0.39 is 0 Å². The molecular weight excluding hydrogens is 266 g/mol. The summed E-state index contributed by atoms with van der Waals surface area (Å²) in [6, 6.07) is 10.1. The van der Waals surface area contributed by atoms with Gasteiger partial charge in [0.2, 0.25) is 5.91 Å². The van der Waals surface area contributed by atoms with E-state index in [9.17, 15) is 4.79 Å². The van der Waals surface area contributed by atoms with Crippen LogP contribution in [-0.2, 0) is 11.2 Å². The minimum atomic E-state index is -0.246. The van der Waals surface area contributed by atoms with Crippen LogP contribution in [0.3, 0.4) is 0 Å². The van der Waals surface area contributed by atoms with E-state index in [1.165, 1.54) is 32.1 Å². The lowest BCUT2D eigenvalue weighted by Crippen LogP contribution is -2.33. The number of hydrogen-bond acceptors (Lipinski definition) is 2. The highest BCUT2D eigenvalue weighted by atomic mass is 32.1. The number of amides is 1. The first-order valence-electron chi connectivity index (χ1n) is 7.75. The van der Waals surface area contributed by atoms with E-state index in [-0.39, 0.29) is 11.2 Å². The number of carbonyl (C=O) groups excluding carboxylic acids is 1. The van der Waals surface area contributed by atoms with Crippen molar-refractivity contribution in [3.63, 3.8) is 0 Å². The van der Waals surface area contributed by atoms with Gasteiger partial charge in [0.25, 0.3) is 0 Å². The summed E-state index contributed by atoms with van der Waals surface area (Å²) in [5, 5.41) is 2.76. The lowest BCUT2D eigenvalue weighted by atomic mass is 10.0. The first-order chi connectivity index (χ1) is 9.75. The average molecular weight is 291 g/mol. The number of benzene rings is 1. The van der Waals surface area contributed by atoms with Crippen molar-refractivity contribution in [2.75, 3.05) is 6.54 Å². The summed E-state index contributed by atoms with van der Waals surface area (Å²) < 4.78 is 0. The molecule has 0 saturated heterocycles. The summed E-state index contributed by atoms with van der Waals surface area (Å²) in [6.07, 6.45) is 8.62. The molecule has 3 heteroatoms. The zero-order valence-electron chi connectivity index (χ0n) is 12.1. The molecule has 1 N–H and O–H groups in total. The smallest absolute Gasteiger partial charge is 0.233 e. The topological polar surface area (TPSA) is 29.1 Å². The molecule has 0 aliphatic heterocycles. The number of nitrogens with one attached hydrogen (secondary N) is 1. The van der Waals surface area contributed by atoms with Crippen molar-refractivity contribution in [2.24, 2.45) is 5.92 Å². The predicted octanol–water partition coefficient (Wildman–Crippen LogP) is 3.61. The molecule has 1 aliphatic rings. The van der Waals surface area contributed by atoms with Gasteiger partial charge in [-0.3, -0.25) is 4.79 Å². The highest BCUT2D eigenvalue weighted by Gasteiger charge is 2.16. The van der Waals surface area contributed by atoms with Crippen LogP contribution in [0.5, 0.6) is 0 Å². The maximum Gasteiger partial charge on any atom is 0.233 e. The lowest BCUT2D eigenvalue weighted by molar-refractivity contribution is -0.120. The van der Waals surface area contributed by atoms with Gasteiger partial charge in [-0.25, -0.2) is 0 Å². The van der Waals surface area contributed by atoms with E-state index in [0.717, 1.165) is 24.4 Å². The van der Waals surface area contributed by atoms with Crippen LogP contribution in [0.2, 0.25) is 0 Å². The minimum absolute atomic E-state index is 0.0589. The second-order valence-corrected chi connectivity index (χ2v) is 6.41. The van der Waals surface area contributed by atoms with Crippen LogP contribution in [-0.4, -0.2) is 17.7 Å². The van der Waals surface area contributed by atoms with Gasteiger partial charge in [0, 0.05) is 6.54 Å². The largest absolute Gasteiger partial charge is 0.355 e. The van der Waals surface area contributed by atoms with Gasteiger partial charge in [0.1, 0.15) is 0 Å². The molecule has 0 spiro atoms. The molecule has 110 valence electrons. The van der Waals surface area contributed by atoms with Gasteiger partial charge in [-0.05, 0) is 30.7 Å². The number of hydrogen-bond donors (Lipinski definition) is 2. The predicted molar refractivity (Wildman–Crippen MR) is 87.1 cm³/mol. The van der Waals surface area contributed by atoms with Crippen molar-refractivity contribution in [3.8, 4) is 0 Å². The fourth-order valence-electron chi connectivity index (χ4n) is 2.95. The van der Waals surface area contributed by atoms with Gasteiger partial charge >= 0.3 is 0 Å². The summed E-state index contributed by atoms with van der Waals surface area (Å²) in [6.45, 7) is 0.793. The second kappa shape index (κ2) is 8.35. The van der Waals surface area contributed by atoms with Crippen molar-refractivity contribution in [3.05, 3.63) is 35.9 Å². The monoisotopic (exact) mass is 291 g/mol. The van der Waals surface area contributed by atoms with Crippen molar-refractivity contribution in [1.29, 1.82) is 0 Å². The lowest BCUT2D eigenvalue weighted by Gasteiger charge is -2.13. The molecule has 1 saturated carbocycles. The molecule has 0 radical (unpaired) electrons. The van der Waals surface area contributed by atoms with Crippen molar-refractivity contribution in [1.82, 2.24) is 5.32 Å². The summed E-state index contributed by atoms with van der Waals surface area (Å²) in [4.78, 5) is 12.0. The fourth-order valence-corrected chi connectivity index (χ4v) is 3.25. The molecular formula is C17H25NOS. The fraction of sp³-hybridized carbons (Fsp3) is 0.588. The molecule has 0 aromatic heterocycles. The Morgan fingerprint density at radius 3 is 2.65 bits per heavy atom. The van der Waals surface area contributed by atoms with Gasteiger partial charge in [-0.1, -0.05) is 56.0 Å². The van der Waals surface area contributed by atoms with Crippen LogP contribution >= 0.6 is 12.6 Å². The molecule has 1 unspecified atom stereocenters. The maximum absolute atomic E-state index is 12.0. The summed E-state index contributed by atoms with van der Waals surface area (Å²) >= 11 is 4.41. The zero-order valence-corrected chi connectivity index (χ0v) is 12.9. The van der Waals surface area contributed by atoms with E-state index in [4.69, 9.17) is 0 Å². The van der Waals surface area contributed by atoms with E-state index in [1.54, 1.807) is 0 Å². The van der Waals surface area contributed by atoms with Crippen LogP contribution in [0.25, 0.3) is 0 Å². The third-order valence-corrected chi connectivity index (χ3v) is 4.55. The Bertz CT molecular complexity index is 401. The molecule has 20 heavy (non-hydrogen) atoms. The van der Waals surface area contributed by atoms with Gasteiger partial charge in [0.05, 0.1) is 5.25 Å². The molecule has 1 aromatic rings. The number of carbonyl (C=O) groups is 1. The Balaban J connectivity index is 1.61. The minimum Gasteiger partial charge on any atom is -0.355 e. The molecule has 2 nitrogen and oxygen atoms in total. The van der Waals surface area contributed by atoms with Crippen LogP contribution < -0.4 is 5.32 Å². The van der Waals surface area contributed by atoms with Gasteiger partial charge in [-0.2, -0.15) is 12.6 Å². The van der Waals surface area contributed by atoms with Gasteiger partial charge < -0.3 is 5.32 Å². The molecule has 1 atom stereocenters. The van der Waals surface area contributed by atoms with Crippen molar-refractivity contribution >= 4 is 18.5 Å². The third kappa shape index (κ3) is 5.20. The third-order valence-electron chi connectivity index (χ3n) is 4.14. The molecule has 1 aromatic carbocycles. The Labute approximate surface area is 127 Å². The quantitative estimate of drug-likeness (QED) is 0.583. The SMILES string of the molecule is O=C(NCCCC1CCCC1)C(S)Cc1ccccc1. The summed E-state index contributed by atoms with van der Waals surface area (Å²) in [5.74, 6) is 0.964. The summed E-state index contributed by atoms with van der Waals surface area (Å²) in [7, 11) is 0. The highest BCUT2D eigenvalue weighted by Crippen LogP contribution is 2.28. The average Bonchev–Trinajstić information content (AvgIpc) is 2.97. The first-order valence-corrected chi connectivity index (χ1v) is 8.27. The normalized spacial score (nSPS) is 17.1.